The van der Waals surface area contributed by atoms with Gasteiger partial charge in [-0.25, -0.2) is 21.2 Å². The number of sulfone groups is 2. The minimum atomic E-state index is -3.64. The fourth-order valence-corrected chi connectivity index (χ4v) is 10.3. The molecule has 4 aromatic rings. The molecule has 0 radical (unpaired) electrons. The predicted octanol–water partition coefficient (Wildman–Crippen LogP) is 6.38. The van der Waals surface area contributed by atoms with E-state index >= 15 is 0 Å². The molecule has 8 rings (SSSR count). The van der Waals surface area contributed by atoms with Crippen LogP contribution in [-0.4, -0.2) is 79.0 Å². The van der Waals surface area contributed by atoms with Crippen LogP contribution in [0, 0.1) is 5.82 Å². The third-order valence-electron chi connectivity index (χ3n) is 10.6. The molecule has 4 aromatic carbocycles. The maximum absolute atomic E-state index is 13.1. The minimum absolute atomic E-state index is 0.122. The number of anilines is 2. The van der Waals surface area contributed by atoms with Crippen LogP contribution < -0.4 is 10.6 Å². The molecule has 4 heterocycles. The number of nitrogens with zero attached hydrogens (tertiary/aromatic N) is 2. The van der Waals surface area contributed by atoms with Gasteiger partial charge in [0.1, 0.15) is 5.82 Å². The number of hydrogen-bond acceptors (Lipinski definition) is 8. The Morgan fingerprint density at radius 3 is 1.43 bits per heavy atom. The largest absolute Gasteiger partial charge is 0.381 e. The van der Waals surface area contributed by atoms with Crippen LogP contribution in [0.5, 0.6) is 0 Å². The number of fused-ring (bicyclic) bond motifs is 6. The van der Waals surface area contributed by atoms with E-state index in [9.17, 15) is 21.2 Å². The molecule has 0 amide bonds. The molecule has 258 valence electrons. The number of benzene rings is 4. The van der Waals surface area contributed by atoms with E-state index in [1.165, 1.54) is 24.3 Å². The number of hydrogen-bond donors (Lipinski definition) is 2. The first-order chi connectivity index (χ1) is 23.5. The molecule has 49 heavy (non-hydrogen) atoms. The van der Waals surface area contributed by atoms with E-state index in [-0.39, 0.29) is 9.79 Å². The molecule has 4 aliphatic heterocycles. The summed E-state index contributed by atoms with van der Waals surface area (Å²) >= 11 is 0. The average molecular weight is 703 g/mol. The number of rotatable bonds is 4. The van der Waals surface area contributed by atoms with Crippen molar-refractivity contribution >= 4 is 31.0 Å². The molecule has 4 atom stereocenters. The van der Waals surface area contributed by atoms with E-state index in [1.54, 1.807) is 42.5 Å². The maximum Gasteiger partial charge on any atom is 0.206 e. The summed E-state index contributed by atoms with van der Waals surface area (Å²) in [5.74, 6) is 0.293. The van der Waals surface area contributed by atoms with Gasteiger partial charge in [0.05, 0.1) is 19.6 Å². The van der Waals surface area contributed by atoms with Crippen LogP contribution in [0.15, 0.2) is 111 Å². The summed E-state index contributed by atoms with van der Waals surface area (Å²) in [7, 11) is -2.82. The van der Waals surface area contributed by atoms with Gasteiger partial charge in [-0.3, -0.25) is 0 Å². The second kappa shape index (κ2) is 13.5. The average Bonchev–Trinajstić information content (AvgIpc) is 3.50. The van der Waals surface area contributed by atoms with Gasteiger partial charge in [0, 0.05) is 35.3 Å². The van der Waals surface area contributed by atoms with Gasteiger partial charge in [0.15, 0.2) is 0 Å². The Labute approximate surface area is 289 Å². The molecule has 2 N–H and O–H groups in total. The van der Waals surface area contributed by atoms with Crippen LogP contribution >= 0.6 is 0 Å². The van der Waals surface area contributed by atoms with E-state index in [0.29, 0.717) is 33.7 Å². The highest BCUT2D eigenvalue weighted by molar-refractivity contribution is 7.91. The van der Waals surface area contributed by atoms with Crippen molar-refractivity contribution in [3.63, 3.8) is 0 Å². The van der Waals surface area contributed by atoms with Gasteiger partial charge in [-0.05, 0) is 150 Å². The lowest BCUT2D eigenvalue weighted by Gasteiger charge is -2.16. The number of nitrogens with one attached hydrogen (secondary N) is 2. The highest BCUT2D eigenvalue weighted by Gasteiger charge is 2.36. The summed E-state index contributed by atoms with van der Waals surface area (Å²) in [5, 5.41) is 7.15. The molecule has 0 spiro atoms. The van der Waals surface area contributed by atoms with E-state index in [2.05, 4.69) is 34.5 Å². The van der Waals surface area contributed by atoms with Crippen LogP contribution in [0.3, 0.4) is 0 Å². The first-order valence-corrected chi connectivity index (χ1v) is 20.0. The Kier molecular flexibility index (Phi) is 9.29. The van der Waals surface area contributed by atoms with E-state index in [0.717, 1.165) is 74.4 Å². The van der Waals surface area contributed by atoms with Crippen LogP contribution in [-0.2, 0) is 19.7 Å². The van der Waals surface area contributed by atoms with Crippen molar-refractivity contribution < 1.29 is 21.2 Å². The van der Waals surface area contributed by atoms with Crippen molar-refractivity contribution in [2.75, 3.05) is 50.9 Å². The molecule has 11 heteroatoms. The lowest BCUT2D eigenvalue weighted by atomic mass is 9.91. The molecular weight excluding hydrogens is 660 g/mol. The standard InChI is InChI=1S/C19H21FN2O2S.C19H22N2O2S/c1-22-10-8-16-17-12-15(6-7-18(17)21-19(16)9-11-22)25(23,24)14-4-2-13(20)3-5-14;1-21-11-9-16-17-13-15(7-8-18(17)20-19(16)10-12-21)24(22,23)14-5-3-2-4-6-14/h2-7,12,16,19,21H,8-11H2,1H3;2-8,13,16,19-20H,9-12H2,1H3/t2*16-,19-/m11/s1. The SMILES string of the molecule is CN1CC[C@@H]2c3cc(S(=O)(=O)c4ccc(F)cc4)ccc3N[C@@H]2CC1.CN1CC[C@@H]2c3cc(S(=O)(=O)c4ccccc4)ccc3N[C@@H]2CC1. The zero-order valence-electron chi connectivity index (χ0n) is 27.8. The van der Waals surface area contributed by atoms with Crippen LogP contribution in [0.2, 0.25) is 0 Å². The molecule has 2 fully saturated rings. The van der Waals surface area contributed by atoms with Gasteiger partial charge >= 0.3 is 0 Å². The first kappa shape index (κ1) is 33.7. The molecule has 0 aromatic heterocycles. The van der Waals surface area contributed by atoms with Crippen molar-refractivity contribution in [1.29, 1.82) is 0 Å². The highest BCUT2D eigenvalue weighted by atomic mass is 32.2. The Hall–Kier alpha value is -3.77. The van der Waals surface area contributed by atoms with Crippen molar-refractivity contribution in [3.05, 3.63) is 108 Å². The molecular formula is C38H43FN4O4S2. The van der Waals surface area contributed by atoms with E-state index in [4.69, 9.17) is 0 Å². The summed E-state index contributed by atoms with van der Waals surface area (Å²) < 4.78 is 64.6. The Balaban J connectivity index is 0.000000154. The molecule has 0 unspecified atom stereocenters. The molecule has 2 saturated heterocycles. The normalized spacial score (nSPS) is 23.7. The zero-order valence-corrected chi connectivity index (χ0v) is 29.5. The van der Waals surface area contributed by atoms with Crippen molar-refractivity contribution in [2.45, 2.75) is 69.2 Å². The van der Waals surface area contributed by atoms with Crippen molar-refractivity contribution in [1.82, 2.24) is 9.80 Å². The second-order valence-electron chi connectivity index (χ2n) is 13.7. The van der Waals surface area contributed by atoms with Gasteiger partial charge in [-0.1, -0.05) is 18.2 Å². The fraction of sp³-hybridized carbons (Fsp3) is 0.368. The van der Waals surface area contributed by atoms with Gasteiger partial charge in [0.2, 0.25) is 19.7 Å². The zero-order chi connectivity index (χ0) is 34.3. The summed E-state index contributed by atoms with van der Waals surface area (Å²) in [4.78, 5) is 5.82. The molecule has 0 saturated carbocycles. The minimum Gasteiger partial charge on any atom is -0.381 e. The Morgan fingerprint density at radius 1 is 0.551 bits per heavy atom. The Morgan fingerprint density at radius 2 is 0.959 bits per heavy atom. The van der Waals surface area contributed by atoms with Gasteiger partial charge in [0.25, 0.3) is 0 Å². The number of halogens is 1. The lowest BCUT2D eigenvalue weighted by molar-refractivity contribution is 0.346. The van der Waals surface area contributed by atoms with Crippen molar-refractivity contribution in [3.8, 4) is 0 Å². The molecule has 4 aliphatic rings. The Bertz CT molecular complexity index is 2040. The van der Waals surface area contributed by atoms with E-state index < -0.39 is 25.5 Å². The predicted molar refractivity (Wildman–Crippen MR) is 190 cm³/mol. The molecule has 0 aliphatic carbocycles. The monoisotopic (exact) mass is 702 g/mol. The third kappa shape index (κ3) is 6.73. The summed E-state index contributed by atoms with van der Waals surface area (Å²) in [5.41, 5.74) is 4.38. The van der Waals surface area contributed by atoms with Crippen molar-refractivity contribution in [2.24, 2.45) is 0 Å². The topological polar surface area (TPSA) is 98.8 Å². The van der Waals surface area contributed by atoms with Crippen LogP contribution in [0.4, 0.5) is 15.8 Å². The molecule has 8 nitrogen and oxygen atoms in total. The van der Waals surface area contributed by atoms with Gasteiger partial charge in [-0.15, -0.1) is 0 Å². The summed E-state index contributed by atoms with van der Waals surface area (Å²) in [6, 6.07) is 25.3. The van der Waals surface area contributed by atoms with E-state index in [1.807, 2.05) is 24.3 Å². The van der Waals surface area contributed by atoms with Crippen LogP contribution in [0.25, 0.3) is 0 Å². The molecule has 0 bridgehead atoms. The second-order valence-corrected chi connectivity index (χ2v) is 17.6. The van der Waals surface area contributed by atoms with Crippen LogP contribution in [0.1, 0.15) is 48.6 Å². The summed E-state index contributed by atoms with van der Waals surface area (Å²) in [6.45, 7) is 4.19. The lowest BCUT2D eigenvalue weighted by Crippen LogP contribution is -2.22. The van der Waals surface area contributed by atoms with Gasteiger partial charge < -0.3 is 20.4 Å². The summed E-state index contributed by atoms with van der Waals surface area (Å²) in [6.07, 6.45) is 4.23. The van der Waals surface area contributed by atoms with Gasteiger partial charge in [-0.2, -0.15) is 0 Å². The quantitative estimate of drug-likeness (QED) is 0.237. The smallest absolute Gasteiger partial charge is 0.206 e. The highest BCUT2D eigenvalue weighted by Crippen LogP contribution is 2.43. The first-order valence-electron chi connectivity index (χ1n) is 17.0. The third-order valence-corrected chi connectivity index (χ3v) is 14.1. The fourth-order valence-electron chi connectivity index (χ4n) is 7.73. The maximum atomic E-state index is 13.1. The number of likely N-dealkylation sites (tertiary alicyclic amines) is 2.